The van der Waals surface area contributed by atoms with Crippen LogP contribution in [0.15, 0.2) is 30.6 Å². The molecule has 0 bridgehead atoms. The predicted molar refractivity (Wildman–Crippen MR) is 102 cm³/mol. The highest BCUT2D eigenvalue weighted by atomic mass is 19.4. The minimum Gasteiger partial charge on any atom is -0.368 e. The molecule has 1 aliphatic carbocycles. The summed E-state index contributed by atoms with van der Waals surface area (Å²) in [5.74, 6) is -0.367. The Hall–Kier alpha value is -3.70. The first-order valence-corrected chi connectivity index (χ1v) is 9.21. The molecule has 1 aromatic carbocycles. The van der Waals surface area contributed by atoms with Gasteiger partial charge in [-0.25, -0.2) is 4.98 Å². The number of alkyl halides is 3. The van der Waals surface area contributed by atoms with Crippen molar-refractivity contribution in [2.45, 2.75) is 25.1 Å². The van der Waals surface area contributed by atoms with Gasteiger partial charge in [-0.15, -0.1) is 0 Å². The lowest BCUT2D eigenvalue weighted by Crippen LogP contribution is -2.17. The lowest BCUT2D eigenvalue weighted by atomic mass is 10.1. The van der Waals surface area contributed by atoms with Gasteiger partial charge in [0.1, 0.15) is 0 Å². The highest BCUT2D eigenvalue weighted by molar-refractivity contribution is 5.82. The van der Waals surface area contributed by atoms with E-state index in [1.165, 1.54) is 6.20 Å². The summed E-state index contributed by atoms with van der Waals surface area (Å²) >= 11 is 0. The molecule has 1 atom stereocenters. The summed E-state index contributed by atoms with van der Waals surface area (Å²) in [4.78, 5) is 18.6. The van der Waals surface area contributed by atoms with Crippen molar-refractivity contribution in [1.82, 2.24) is 35.1 Å². The van der Waals surface area contributed by atoms with Crippen molar-refractivity contribution in [2.24, 2.45) is 5.92 Å². The quantitative estimate of drug-likeness (QED) is 0.393. The van der Waals surface area contributed by atoms with Gasteiger partial charge in [-0.2, -0.15) is 33.2 Å². The number of halogens is 3. The van der Waals surface area contributed by atoms with Crippen molar-refractivity contribution < 1.29 is 13.2 Å². The molecule has 0 saturated heterocycles. The first-order valence-electron chi connectivity index (χ1n) is 9.21. The molecular formula is C18H16F3N9. The van der Waals surface area contributed by atoms with E-state index in [0.717, 1.165) is 23.7 Å². The van der Waals surface area contributed by atoms with Gasteiger partial charge >= 0.3 is 6.18 Å². The van der Waals surface area contributed by atoms with Crippen LogP contribution in [0.5, 0.6) is 0 Å². The normalized spacial score (nSPS) is 15.4. The summed E-state index contributed by atoms with van der Waals surface area (Å²) in [7, 11) is 0. The van der Waals surface area contributed by atoms with Crippen LogP contribution in [0.25, 0.3) is 22.3 Å². The molecule has 5 N–H and O–H groups in total. The molecule has 0 spiro atoms. The molecule has 0 aliphatic heterocycles. The Labute approximate surface area is 167 Å². The molecule has 9 nitrogen and oxygen atoms in total. The maximum absolute atomic E-state index is 12.9. The van der Waals surface area contributed by atoms with E-state index in [0.29, 0.717) is 11.4 Å². The zero-order chi connectivity index (χ0) is 20.9. The van der Waals surface area contributed by atoms with Crippen molar-refractivity contribution in [2.75, 3.05) is 11.1 Å². The fourth-order valence-electron chi connectivity index (χ4n) is 3.31. The number of imidazole rings is 1. The fourth-order valence-corrected chi connectivity index (χ4v) is 3.31. The van der Waals surface area contributed by atoms with Crippen LogP contribution in [0.2, 0.25) is 0 Å². The number of anilines is 2. The summed E-state index contributed by atoms with van der Waals surface area (Å²) in [5.41, 5.74) is 7.70. The number of rotatable bonds is 5. The Kier molecular flexibility index (Phi) is 4.08. The zero-order valence-electron chi connectivity index (χ0n) is 15.4. The zero-order valence-corrected chi connectivity index (χ0v) is 15.4. The highest BCUT2D eigenvalue weighted by Crippen LogP contribution is 2.42. The lowest BCUT2D eigenvalue weighted by Gasteiger charge is -2.16. The van der Waals surface area contributed by atoms with Crippen molar-refractivity contribution in [3.8, 4) is 11.4 Å². The minimum atomic E-state index is -4.54. The van der Waals surface area contributed by atoms with Crippen molar-refractivity contribution in [3.63, 3.8) is 0 Å². The maximum atomic E-state index is 12.9. The van der Waals surface area contributed by atoms with Gasteiger partial charge in [0.05, 0.1) is 23.4 Å². The Balaban J connectivity index is 1.46. The molecule has 0 radical (unpaired) electrons. The second kappa shape index (κ2) is 6.68. The average Bonchev–Trinajstić information content (AvgIpc) is 3.21. The van der Waals surface area contributed by atoms with E-state index in [2.05, 4.69) is 40.4 Å². The molecule has 1 fully saturated rings. The number of aromatic amines is 2. The number of nitrogens with one attached hydrogen (secondary N) is 3. The molecule has 5 rings (SSSR count). The van der Waals surface area contributed by atoms with Crippen LogP contribution in [0.1, 0.15) is 30.4 Å². The number of aromatic nitrogens is 7. The van der Waals surface area contributed by atoms with E-state index in [-0.39, 0.29) is 23.5 Å². The number of fused-ring (bicyclic) bond motifs is 1. The lowest BCUT2D eigenvalue weighted by molar-refractivity contribution is -0.144. The number of H-pyrrole nitrogens is 2. The predicted octanol–water partition coefficient (Wildman–Crippen LogP) is 3.30. The number of benzene rings is 1. The van der Waals surface area contributed by atoms with Crippen LogP contribution >= 0.6 is 0 Å². The van der Waals surface area contributed by atoms with Crippen molar-refractivity contribution in [3.05, 3.63) is 42.1 Å². The summed E-state index contributed by atoms with van der Waals surface area (Å²) in [6, 6.07) is 5.06. The second-order valence-corrected chi connectivity index (χ2v) is 7.14. The SMILES string of the molecule is Nc1nc(N[C@@H](c2c[nH]c(C(F)(F)F)n2)C2CC2)nc(-c2ccc3[nH]ncc3c2)n1. The van der Waals surface area contributed by atoms with Gasteiger partial charge in [0.25, 0.3) is 0 Å². The number of hydrogen-bond donors (Lipinski definition) is 4. The molecule has 0 amide bonds. The third-order valence-corrected chi connectivity index (χ3v) is 4.91. The van der Waals surface area contributed by atoms with Gasteiger partial charge in [0, 0.05) is 17.1 Å². The molecule has 4 aromatic rings. The van der Waals surface area contributed by atoms with Crippen LogP contribution in [0.3, 0.4) is 0 Å². The third kappa shape index (κ3) is 3.51. The van der Waals surface area contributed by atoms with Crippen LogP contribution in [0, 0.1) is 5.92 Å². The van der Waals surface area contributed by atoms with Gasteiger partial charge in [-0.1, -0.05) is 0 Å². The average molecular weight is 415 g/mol. The first kappa shape index (κ1) is 18.3. The van der Waals surface area contributed by atoms with E-state index in [9.17, 15) is 13.2 Å². The second-order valence-electron chi connectivity index (χ2n) is 7.14. The molecule has 0 unspecified atom stereocenters. The van der Waals surface area contributed by atoms with E-state index in [1.807, 2.05) is 18.2 Å². The Morgan fingerprint density at radius 2 is 1.97 bits per heavy atom. The van der Waals surface area contributed by atoms with Crippen molar-refractivity contribution in [1.29, 1.82) is 0 Å². The third-order valence-electron chi connectivity index (χ3n) is 4.91. The topological polar surface area (TPSA) is 134 Å². The molecule has 3 heterocycles. The standard InChI is InChI=1S/C18H16F3N9/c19-18(20,21)15-23-7-12(25-15)13(8-1-2-8)26-17-28-14(27-16(22)29-17)9-3-4-11-10(5-9)6-24-30-11/h3-8,13H,1-2H2,(H,23,25)(H,24,30)(H3,22,26,27,28,29)/t13-/m1/s1. The number of hydrogen-bond acceptors (Lipinski definition) is 7. The monoisotopic (exact) mass is 415 g/mol. The van der Waals surface area contributed by atoms with Gasteiger partial charge in [0.15, 0.2) is 5.82 Å². The van der Waals surface area contributed by atoms with Crippen molar-refractivity contribution >= 4 is 22.8 Å². The summed E-state index contributed by atoms with van der Waals surface area (Å²) in [5, 5.41) is 10.8. The number of nitrogen functional groups attached to an aromatic ring is 1. The Morgan fingerprint density at radius 1 is 1.13 bits per heavy atom. The smallest absolute Gasteiger partial charge is 0.368 e. The molecule has 1 aliphatic rings. The van der Waals surface area contributed by atoms with E-state index < -0.39 is 18.0 Å². The maximum Gasteiger partial charge on any atom is 0.449 e. The van der Waals surface area contributed by atoms with Crippen LogP contribution in [-0.4, -0.2) is 35.1 Å². The van der Waals surface area contributed by atoms with E-state index in [1.54, 1.807) is 6.20 Å². The Morgan fingerprint density at radius 3 is 2.70 bits per heavy atom. The molecule has 154 valence electrons. The van der Waals surface area contributed by atoms with Crippen LogP contribution in [0.4, 0.5) is 25.1 Å². The molecular weight excluding hydrogens is 399 g/mol. The van der Waals surface area contributed by atoms with Gasteiger partial charge < -0.3 is 16.0 Å². The summed E-state index contributed by atoms with van der Waals surface area (Å²) in [6.07, 6.45) is 0.147. The first-order chi connectivity index (χ1) is 14.4. The number of nitrogens with zero attached hydrogens (tertiary/aromatic N) is 5. The molecule has 3 aromatic heterocycles. The molecule has 30 heavy (non-hydrogen) atoms. The summed E-state index contributed by atoms with van der Waals surface area (Å²) < 4.78 is 38.8. The van der Waals surface area contributed by atoms with Crippen LogP contribution in [-0.2, 0) is 6.18 Å². The van der Waals surface area contributed by atoms with Gasteiger partial charge in [-0.05, 0) is 37.0 Å². The van der Waals surface area contributed by atoms with Gasteiger partial charge in [0.2, 0.25) is 17.7 Å². The van der Waals surface area contributed by atoms with E-state index in [4.69, 9.17) is 5.73 Å². The molecule has 12 heteroatoms. The fraction of sp³-hybridized carbons (Fsp3) is 0.278. The largest absolute Gasteiger partial charge is 0.449 e. The minimum absolute atomic E-state index is 0.00217. The summed E-state index contributed by atoms with van der Waals surface area (Å²) in [6.45, 7) is 0. The highest BCUT2D eigenvalue weighted by Gasteiger charge is 2.38. The van der Waals surface area contributed by atoms with Crippen LogP contribution < -0.4 is 11.1 Å². The Bertz CT molecular complexity index is 1210. The van der Waals surface area contributed by atoms with E-state index >= 15 is 0 Å². The van der Waals surface area contributed by atoms with Gasteiger partial charge in [-0.3, -0.25) is 5.10 Å². The number of nitrogens with two attached hydrogens (primary N) is 1. The molecule has 1 saturated carbocycles.